The summed E-state index contributed by atoms with van der Waals surface area (Å²) < 4.78 is 10.4. The number of fused-ring (bicyclic) bond motifs is 1. The van der Waals surface area contributed by atoms with Crippen LogP contribution in [0.1, 0.15) is 11.7 Å². The summed E-state index contributed by atoms with van der Waals surface area (Å²) in [5, 5.41) is 9.88. The molecule has 0 bridgehead atoms. The number of primary amides is 1. The highest BCUT2D eigenvalue weighted by Crippen LogP contribution is 2.49. The van der Waals surface area contributed by atoms with Crippen LogP contribution in [0.15, 0.2) is 30.5 Å². The van der Waals surface area contributed by atoms with E-state index < -0.39 is 17.6 Å². The minimum atomic E-state index is -1.56. The van der Waals surface area contributed by atoms with Gasteiger partial charge in [-0.05, 0) is 12.1 Å². The molecule has 20 heavy (non-hydrogen) atoms. The van der Waals surface area contributed by atoms with Crippen molar-refractivity contribution >= 4 is 16.8 Å². The van der Waals surface area contributed by atoms with Gasteiger partial charge in [-0.15, -0.1) is 0 Å². The first kappa shape index (κ1) is 12.4. The van der Waals surface area contributed by atoms with Crippen molar-refractivity contribution in [1.29, 1.82) is 5.26 Å². The Morgan fingerprint density at radius 2 is 2.40 bits per heavy atom. The van der Waals surface area contributed by atoms with Gasteiger partial charge < -0.3 is 15.2 Å². The molecule has 1 saturated heterocycles. The van der Waals surface area contributed by atoms with E-state index in [1.165, 1.54) is 0 Å². The van der Waals surface area contributed by atoms with Gasteiger partial charge in [-0.25, -0.2) is 0 Å². The van der Waals surface area contributed by atoms with E-state index in [0.717, 1.165) is 5.39 Å². The van der Waals surface area contributed by atoms with E-state index in [-0.39, 0.29) is 0 Å². The van der Waals surface area contributed by atoms with Gasteiger partial charge in [0.1, 0.15) is 23.4 Å². The van der Waals surface area contributed by atoms with Crippen LogP contribution in [0.4, 0.5) is 0 Å². The molecule has 0 aliphatic carbocycles. The SMILES string of the molecule is COc1cccc2cc(C3OC3(C#N)C(N)=O)cnc12. The van der Waals surface area contributed by atoms with Gasteiger partial charge in [0.05, 0.1) is 7.11 Å². The van der Waals surface area contributed by atoms with Gasteiger partial charge in [0.15, 0.2) is 0 Å². The molecule has 100 valence electrons. The van der Waals surface area contributed by atoms with Gasteiger partial charge in [0, 0.05) is 17.1 Å². The maximum Gasteiger partial charge on any atom is 0.267 e. The first-order valence-electron chi connectivity index (χ1n) is 5.94. The van der Waals surface area contributed by atoms with Crippen molar-refractivity contribution in [2.24, 2.45) is 5.73 Å². The van der Waals surface area contributed by atoms with Gasteiger partial charge in [0.25, 0.3) is 11.5 Å². The maximum atomic E-state index is 11.3. The van der Waals surface area contributed by atoms with Crippen LogP contribution < -0.4 is 10.5 Å². The molecule has 2 heterocycles. The van der Waals surface area contributed by atoms with E-state index in [0.29, 0.717) is 16.8 Å². The zero-order valence-corrected chi connectivity index (χ0v) is 10.7. The Kier molecular flexibility index (Phi) is 2.59. The molecular formula is C14H11N3O3. The molecule has 6 heteroatoms. The lowest BCUT2D eigenvalue weighted by atomic mass is 10.0. The number of benzene rings is 1. The molecular weight excluding hydrogens is 258 g/mol. The molecule has 1 aromatic heterocycles. The van der Waals surface area contributed by atoms with Crippen LogP contribution in [-0.2, 0) is 9.53 Å². The highest BCUT2D eigenvalue weighted by Gasteiger charge is 2.63. The number of hydrogen-bond donors (Lipinski definition) is 1. The molecule has 1 amide bonds. The number of nitrogens with zero attached hydrogens (tertiary/aromatic N) is 2. The third kappa shape index (κ3) is 1.61. The Hall–Kier alpha value is -2.65. The second-order valence-electron chi connectivity index (χ2n) is 4.51. The van der Waals surface area contributed by atoms with Gasteiger partial charge in [0.2, 0.25) is 0 Å². The van der Waals surface area contributed by atoms with E-state index >= 15 is 0 Å². The lowest BCUT2D eigenvalue weighted by molar-refractivity contribution is -0.121. The Morgan fingerprint density at radius 3 is 3.00 bits per heavy atom. The van der Waals surface area contributed by atoms with Crippen LogP contribution in [0.5, 0.6) is 5.75 Å². The quantitative estimate of drug-likeness (QED) is 0.839. The van der Waals surface area contributed by atoms with Crippen molar-refractivity contribution in [2.45, 2.75) is 11.7 Å². The molecule has 1 fully saturated rings. The fourth-order valence-electron chi connectivity index (χ4n) is 2.24. The molecule has 1 aromatic carbocycles. The number of methoxy groups -OCH3 is 1. The Morgan fingerprint density at radius 1 is 1.60 bits per heavy atom. The number of rotatable bonds is 3. The van der Waals surface area contributed by atoms with Crippen molar-refractivity contribution in [3.05, 3.63) is 36.0 Å². The highest BCUT2D eigenvalue weighted by atomic mass is 16.6. The van der Waals surface area contributed by atoms with Crippen LogP contribution in [0, 0.1) is 11.3 Å². The van der Waals surface area contributed by atoms with Crippen LogP contribution in [0.3, 0.4) is 0 Å². The monoisotopic (exact) mass is 269 g/mol. The molecule has 2 atom stereocenters. The smallest absolute Gasteiger partial charge is 0.267 e. The van der Waals surface area contributed by atoms with E-state index in [9.17, 15) is 4.79 Å². The summed E-state index contributed by atoms with van der Waals surface area (Å²) in [5.74, 6) is -0.122. The van der Waals surface area contributed by atoms with Crippen molar-refractivity contribution in [3.8, 4) is 11.8 Å². The van der Waals surface area contributed by atoms with E-state index in [4.69, 9.17) is 20.5 Å². The van der Waals surface area contributed by atoms with E-state index in [2.05, 4.69) is 4.98 Å². The normalized spacial score (nSPS) is 24.1. The van der Waals surface area contributed by atoms with Gasteiger partial charge >= 0.3 is 0 Å². The van der Waals surface area contributed by atoms with Gasteiger partial charge in [-0.3, -0.25) is 9.78 Å². The standard InChI is InChI=1S/C14H11N3O3/c1-19-10-4-2-3-8-5-9(6-17-11(8)10)12-14(7-15,20-12)13(16)18/h2-6,12H,1H3,(H2,16,18). The molecule has 2 aromatic rings. The number of nitriles is 1. The number of amides is 1. The summed E-state index contributed by atoms with van der Waals surface area (Å²) in [6, 6.07) is 9.16. The topological polar surface area (TPSA) is 102 Å². The third-order valence-electron chi connectivity index (χ3n) is 3.37. The molecule has 1 aliphatic rings. The van der Waals surface area contributed by atoms with Crippen LogP contribution >= 0.6 is 0 Å². The number of epoxide rings is 1. The summed E-state index contributed by atoms with van der Waals surface area (Å²) >= 11 is 0. The second kappa shape index (κ2) is 4.18. The minimum Gasteiger partial charge on any atom is -0.494 e. The number of pyridine rings is 1. The Labute approximate surface area is 114 Å². The average molecular weight is 269 g/mol. The second-order valence-corrected chi connectivity index (χ2v) is 4.51. The zero-order valence-electron chi connectivity index (χ0n) is 10.7. The molecule has 2 unspecified atom stereocenters. The van der Waals surface area contributed by atoms with Crippen LogP contribution in [-0.4, -0.2) is 23.6 Å². The molecule has 0 radical (unpaired) electrons. The minimum absolute atomic E-state index is 0.645. The zero-order chi connectivity index (χ0) is 14.3. The highest BCUT2D eigenvalue weighted by molar-refractivity contribution is 5.91. The molecule has 0 saturated carbocycles. The number of aromatic nitrogens is 1. The van der Waals surface area contributed by atoms with Crippen molar-refractivity contribution < 1.29 is 14.3 Å². The fourth-order valence-corrected chi connectivity index (χ4v) is 2.24. The summed E-state index contributed by atoms with van der Waals surface area (Å²) in [4.78, 5) is 15.6. The fraction of sp³-hybridized carbons (Fsp3) is 0.214. The summed E-state index contributed by atoms with van der Waals surface area (Å²) in [5.41, 5.74) is 4.99. The summed E-state index contributed by atoms with van der Waals surface area (Å²) in [7, 11) is 1.57. The summed E-state index contributed by atoms with van der Waals surface area (Å²) in [6.45, 7) is 0. The van der Waals surface area contributed by atoms with E-state index in [1.807, 2.05) is 30.3 Å². The number of carbonyl (C=O) groups excluding carboxylic acids is 1. The maximum absolute atomic E-state index is 11.3. The number of para-hydroxylation sites is 1. The van der Waals surface area contributed by atoms with Crippen molar-refractivity contribution in [3.63, 3.8) is 0 Å². The average Bonchev–Trinajstić information content (AvgIpc) is 3.22. The molecule has 6 nitrogen and oxygen atoms in total. The van der Waals surface area contributed by atoms with E-state index in [1.54, 1.807) is 13.3 Å². The largest absolute Gasteiger partial charge is 0.494 e. The van der Waals surface area contributed by atoms with Crippen LogP contribution in [0.2, 0.25) is 0 Å². The predicted octanol–water partition coefficient (Wildman–Crippen LogP) is 1.06. The number of nitrogens with two attached hydrogens (primary N) is 1. The van der Waals surface area contributed by atoms with Crippen molar-refractivity contribution in [2.75, 3.05) is 7.11 Å². The first-order chi connectivity index (χ1) is 9.62. The number of hydrogen-bond acceptors (Lipinski definition) is 5. The molecule has 1 aliphatic heterocycles. The third-order valence-corrected chi connectivity index (χ3v) is 3.37. The molecule has 0 spiro atoms. The summed E-state index contributed by atoms with van der Waals surface area (Å²) in [6.07, 6.45) is 0.908. The lowest BCUT2D eigenvalue weighted by Gasteiger charge is -2.05. The molecule has 3 rings (SSSR count). The van der Waals surface area contributed by atoms with Gasteiger partial charge in [-0.1, -0.05) is 12.1 Å². The van der Waals surface area contributed by atoms with Gasteiger partial charge in [-0.2, -0.15) is 5.26 Å². The van der Waals surface area contributed by atoms with Crippen molar-refractivity contribution in [1.82, 2.24) is 4.98 Å². The molecule has 2 N–H and O–H groups in total. The lowest BCUT2D eigenvalue weighted by Crippen LogP contribution is -2.31. The predicted molar refractivity (Wildman–Crippen MR) is 69.7 cm³/mol. The Bertz CT molecular complexity index is 753. The van der Waals surface area contributed by atoms with Crippen LogP contribution in [0.25, 0.3) is 10.9 Å². The number of ether oxygens (including phenoxy) is 2. The first-order valence-corrected chi connectivity index (χ1v) is 5.94. The Balaban J connectivity index is 2.04. The number of carbonyl (C=O) groups is 1.